The van der Waals surface area contributed by atoms with Crippen LogP contribution in [0.3, 0.4) is 0 Å². The lowest BCUT2D eigenvalue weighted by molar-refractivity contribution is 0.855. The van der Waals surface area contributed by atoms with Gasteiger partial charge >= 0.3 is 0 Å². The molecule has 0 saturated heterocycles. The SMILES string of the molecule is CCc1nccc(CCN)n1. The molecule has 0 aromatic carbocycles. The van der Waals surface area contributed by atoms with Crippen LogP contribution in [0, 0.1) is 0 Å². The van der Waals surface area contributed by atoms with Gasteiger partial charge in [0.2, 0.25) is 0 Å². The predicted molar refractivity (Wildman–Crippen MR) is 44.2 cm³/mol. The van der Waals surface area contributed by atoms with Crippen LogP contribution in [0.4, 0.5) is 0 Å². The maximum atomic E-state index is 5.39. The zero-order valence-electron chi connectivity index (χ0n) is 6.75. The molecular weight excluding hydrogens is 138 g/mol. The molecule has 0 fully saturated rings. The third kappa shape index (κ3) is 2.27. The summed E-state index contributed by atoms with van der Waals surface area (Å²) >= 11 is 0. The van der Waals surface area contributed by atoms with E-state index in [9.17, 15) is 0 Å². The number of rotatable bonds is 3. The average molecular weight is 151 g/mol. The van der Waals surface area contributed by atoms with E-state index < -0.39 is 0 Å². The van der Waals surface area contributed by atoms with Crippen molar-refractivity contribution in [3.05, 3.63) is 23.8 Å². The molecule has 0 aliphatic carbocycles. The summed E-state index contributed by atoms with van der Waals surface area (Å²) in [6.45, 7) is 2.70. The molecule has 3 heteroatoms. The Balaban J connectivity index is 2.74. The van der Waals surface area contributed by atoms with Crippen molar-refractivity contribution in [3.8, 4) is 0 Å². The fraction of sp³-hybridized carbons (Fsp3) is 0.500. The lowest BCUT2D eigenvalue weighted by atomic mass is 10.3. The number of hydrogen-bond donors (Lipinski definition) is 1. The van der Waals surface area contributed by atoms with Crippen molar-refractivity contribution >= 4 is 0 Å². The van der Waals surface area contributed by atoms with Gasteiger partial charge in [0, 0.05) is 24.7 Å². The number of aryl methyl sites for hydroxylation is 1. The minimum atomic E-state index is 0.653. The highest BCUT2D eigenvalue weighted by molar-refractivity contribution is 5.02. The molecule has 1 rings (SSSR count). The maximum absolute atomic E-state index is 5.39. The monoisotopic (exact) mass is 151 g/mol. The molecule has 3 nitrogen and oxygen atoms in total. The Bertz CT molecular complexity index is 222. The largest absolute Gasteiger partial charge is 0.330 e. The molecule has 60 valence electrons. The number of nitrogens with two attached hydrogens (primary N) is 1. The molecule has 1 aromatic heterocycles. The third-order valence-corrected chi connectivity index (χ3v) is 1.48. The second-order valence-corrected chi connectivity index (χ2v) is 2.36. The lowest BCUT2D eigenvalue weighted by Crippen LogP contribution is -2.06. The Kier molecular flexibility index (Phi) is 2.98. The smallest absolute Gasteiger partial charge is 0.128 e. The topological polar surface area (TPSA) is 51.8 Å². The molecule has 0 radical (unpaired) electrons. The van der Waals surface area contributed by atoms with Gasteiger partial charge in [-0.3, -0.25) is 0 Å². The average Bonchev–Trinajstić information content (AvgIpc) is 2.06. The quantitative estimate of drug-likeness (QED) is 0.686. The number of hydrogen-bond acceptors (Lipinski definition) is 3. The standard InChI is InChI=1S/C8H13N3/c1-2-8-10-6-4-7(11-8)3-5-9/h4,6H,2-3,5,9H2,1H3. The van der Waals surface area contributed by atoms with Crippen molar-refractivity contribution in [2.45, 2.75) is 19.8 Å². The van der Waals surface area contributed by atoms with Gasteiger partial charge in [0.25, 0.3) is 0 Å². The molecule has 0 amide bonds. The Morgan fingerprint density at radius 2 is 2.36 bits per heavy atom. The first-order valence-corrected chi connectivity index (χ1v) is 3.87. The Labute approximate surface area is 66.7 Å². The molecule has 0 atom stereocenters. The van der Waals surface area contributed by atoms with E-state index in [1.165, 1.54) is 0 Å². The van der Waals surface area contributed by atoms with Crippen molar-refractivity contribution < 1.29 is 0 Å². The summed E-state index contributed by atoms with van der Waals surface area (Å²) in [5, 5.41) is 0. The fourth-order valence-electron chi connectivity index (χ4n) is 0.899. The van der Waals surface area contributed by atoms with E-state index in [-0.39, 0.29) is 0 Å². The van der Waals surface area contributed by atoms with Crippen molar-refractivity contribution in [2.24, 2.45) is 5.73 Å². The summed E-state index contributed by atoms with van der Waals surface area (Å²) in [6, 6.07) is 1.91. The van der Waals surface area contributed by atoms with Gasteiger partial charge in [0.15, 0.2) is 0 Å². The summed E-state index contributed by atoms with van der Waals surface area (Å²) < 4.78 is 0. The molecule has 0 unspecified atom stereocenters. The van der Waals surface area contributed by atoms with E-state index in [1.807, 2.05) is 13.0 Å². The molecule has 0 aliphatic rings. The predicted octanol–water partition coefficient (Wildman–Crippen LogP) is 0.540. The molecule has 1 heterocycles. The zero-order chi connectivity index (χ0) is 8.10. The second kappa shape index (κ2) is 4.03. The normalized spacial score (nSPS) is 10.0. The molecule has 0 aliphatic heterocycles. The minimum absolute atomic E-state index is 0.653. The van der Waals surface area contributed by atoms with E-state index in [2.05, 4.69) is 9.97 Å². The minimum Gasteiger partial charge on any atom is -0.330 e. The summed E-state index contributed by atoms with van der Waals surface area (Å²) in [6.07, 6.45) is 3.52. The summed E-state index contributed by atoms with van der Waals surface area (Å²) in [4.78, 5) is 8.38. The molecule has 0 spiro atoms. The molecule has 11 heavy (non-hydrogen) atoms. The van der Waals surface area contributed by atoms with Crippen molar-refractivity contribution in [1.29, 1.82) is 0 Å². The molecule has 2 N–H and O–H groups in total. The summed E-state index contributed by atoms with van der Waals surface area (Å²) in [5.41, 5.74) is 6.43. The van der Waals surface area contributed by atoms with Gasteiger partial charge in [-0.05, 0) is 12.6 Å². The first-order valence-electron chi connectivity index (χ1n) is 3.87. The Morgan fingerprint density at radius 1 is 1.55 bits per heavy atom. The van der Waals surface area contributed by atoms with Crippen LogP contribution in [-0.2, 0) is 12.8 Å². The molecule has 0 saturated carbocycles. The van der Waals surface area contributed by atoms with Crippen LogP contribution >= 0.6 is 0 Å². The molecular formula is C8H13N3. The summed E-state index contributed by atoms with van der Waals surface area (Å²) in [5.74, 6) is 0.899. The van der Waals surface area contributed by atoms with Gasteiger partial charge in [-0.25, -0.2) is 9.97 Å². The Hall–Kier alpha value is -0.960. The van der Waals surface area contributed by atoms with E-state index in [0.29, 0.717) is 6.54 Å². The van der Waals surface area contributed by atoms with Gasteiger partial charge in [0.1, 0.15) is 5.82 Å². The van der Waals surface area contributed by atoms with E-state index in [1.54, 1.807) is 6.20 Å². The van der Waals surface area contributed by atoms with Crippen LogP contribution in [-0.4, -0.2) is 16.5 Å². The van der Waals surface area contributed by atoms with E-state index in [4.69, 9.17) is 5.73 Å². The first kappa shape index (κ1) is 8.14. The highest BCUT2D eigenvalue weighted by Gasteiger charge is 1.94. The summed E-state index contributed by atoms with van der Waals surface area (Å²) in [7, 11) is 0. The van der Waals surface area contributed by atoms with Gasteiger partial charge in [0.05, 0.1) is 0 Å². The van der Waals surface area contributed by atoms with Gasteiger partial charge < -0.3 is 5.73 Å². The lowest BCUT2D eigenvalue weighted by Gasteiger charge is -1.98. The number of aromatic nitrogens is 2. The fourth-order valence-corrected chi connectivity index (χ4v) is 0.899. The van der Waals surface area contributed by atoms with Crippen LogP contribution in [0.5, 0.6) is 0 Å². The maximum Gasteiger partial charge on any atom is 0.128 e. The van der Waals surface area contributed by atoms with Gasteiger partial charge in [-0.15, -0.1) is 0 Å². The Morgan fingerprint density at radius 3 is 3.00 bits per heavy atom. The van der Waals surface area contributed by atoms with Crippen LogP contribution in [0.25, 0.3) is 0 Å². The molecule has 0 bridgehead atoms. The van der Waals surface area contributed by atoms with Gasteiger partial charge in [-0.2, -0.15) is 0 Å². The highest BCUT2D eigenvalue weighted by Crippen LogP contribution is 1.95. The van der Waals surface area contributed by atoms with Crippen LogP contribution in [0.1, 0.15) is 18.4 Å². The van der Waals surface area contributed by atoms with Crippen molar-refractivity contribution in [3.63, 3.8) is 0 Å². The van der Waals surface area contributed by atoms with Crippen LogP contribution in [0.2, 0.25) is 0 Å². The van der Waals surface area contributed by atoms with Gasteiger partial charge in [-0.1, -0.05) is 6.92 Å². The third-order valence-electron chi connectivity index (χ3n) is 1.48. The van der Waals surface area contributed by atoms with Crippen molar-refractivity contribution in [2.75, 3.05) is 6.54 Å². The van der Waals surface area contributed by atoms with Crippen LogP contribution in [0.15, 0.2) is 12.3 Å². The highest BCUT2D eigenvalue weighted by atomic mass is 14.9. The van der Waals surface area contributed by atoms with E-state index in [0.717, 1.165) is 24.4 Å². The first-order chi connectivity index (χ1) is 5.36. The van der Waals surface area contributed by atoms with E-state index >= 15 is 0 Å². The number of nitrogens with zero attached hydrogens (tertiary/aromatic N) is 2. The zero-order valence-corrected chi connectivity index (χ0v) is 6.75. The van der Waals surface area contributed by atoms with Crippen molar-refractivity contribution in [1.82, 2.24) is 9.97 Å². The van der Waals surface area contributed by atoms with Crippen LogP contribution < -0.4 is 5.73 Å². The molecule has 1 aromatic rings. The second-order valence-electron chi connectivity index (χ2n) is 2.36.